The summed E-state index contributed by atoms with van der Waals surface area (Å²) in [7, 11) is 1.59. The Morgan fingerprint density at radius 2 is 2.05 bits per heavy atom. The van der Waals surface area contributed by atoms with E-state index >= 15 is 0 Å². The lowest BCUT2D eigenvalue weighted by Gasteiger charge is -2.18. The van der Waals surface area contributed by atoms with E-state index in [2.05, 4.69) is 5.32 Å². The lowest BCUT2D eigenvalue weighted by atomic mass is 10.0. The van der Waals surface area contributed by atoms with Gasteiger partial charge >= 0.3 is 5.97 Å². The molecule has 0 radical (unpaired) electrons. The molecule has 0 saturated heterocycles. The average molecular weight is 281 g/mol. The van der Waals surface area contributed by atoms with Gasteiger partial charge in [-0.2, -0.15) is 0 Å². The topological polar surface area (TPSA) is 67.8 Å². The third kappa shape index (κ3) is 4.42. The first kappa shape index (κ1) is 16.3. The Morgan fingerprint density at radius 1 is 1.35 bits per heavy atom. The summed E-state index contributed by atoms with van der Waals surface area (Å²) in [5.74, 6) is 0.537. The number of carboxylic acid groups (broad SMARTS) is 1. The molecule has 0 heterocycles. The molecule has 112 valence electrons. The molecule has 0 aliphatic rings. The summed E-state index contributed by atoms with van der Waals surface area (Å²) in [5.41, 5.74) is 0.956. The van der Waals surface area contributed by atoms with Crippen LogP contribution in [0.1, 0.15) is 26.3 Å². The highest BCUT2D eigenvalue weighted by molar-refractivity contribution is 5.73. The molecule has 0 fully saturated rings. The van der Waals surface area contributed by atoms with Crippen LogP contribution in [0.3, 0.4) is 0 Å². The van der Waals surface area contributed by atoms with E-state index in [0.29, 0.717) is 24.7 Å². The zero-order valence-corrected chi connectivity index (χ0v) is 12.5. The lowest BCUT2D eigenvalue weighted by molar-refractivity contribution is -0.140. The fraction of sp³-hybridized carbons (Fsp3) is 0.533. The molecule has 0 aliphatic heterocycles. The van der Waals surface area contributed by atoms with Crippen molar-refractivity contribution in [2.45, 2.75) is 33.4 Å². The minimum Gasteiger partial charge on any atom is -0.493 e. The number of aliphatic carboxylic acids is 1. The maximum absolute atomic E-state index is 11.1. The highest BCUT2D eigenvalue weighted by Crippen LogP contribution is 2.28. The van der Waals surface area contributed by atoms with Gasteiger partial charge < -0.3 is 19.9 Å². The van der Waals surface area contributed by atoms with Crippen molar-refractivity contribution < 1.29 is 19.4 Å². The number of rotatable bonds is 8. The molecule has 1 aromatic carbocycles. The third-order valence-electron chi connectivity index (χ3n) is 2.99. The number of hydrogen-bond donors (Lipinski definition) is 2. The van der Waals surface area contributed by atoms with Crippen LogP contribution in [0, 0.1) is 5.92 Å². The van der Waals surface area contributed by atoms with Crippen molar-refractivity contribution in [3.63, 3.8) is 0 Å². The van der Waals surface area contributed by atoms with E-state index in [0.717, 1.165) is 5.56 Å². The van der Waals surface area contributed by atoms with Crippen LogP contribution in [0.4, 0.5) is 0 Å². The number of benzene rings is 1. The van der Waals surface area contributed by atoms with Gasteiger partial charge in [0.05, 0.1) is 13.7 Å². The molecule has 0 aliphatic carbocycles. The quantitative estimate of drug-likeness (QED) is 0.765. The number of carbonyl (C=O) groups is 1. The smallest absolute Gasteiger partial charge is 0.320 e. The van der Waals surface area contributed by atoms with Crippen LogP contribution in [0.2, 0.25) is 0 Å². The molecule has 0 saturated carbocycles. The molecular formula is C15H23NO4. The minimum atomic E-state index is -0.835. The van der Waals surface area contributed by atoms with Gasteiger partial charge in [-0.3, -0.25) is 4.79 Å². The summed E-state index contributed by atoms with van der Waals surface area (Å²) in [6, 6.07) is 5.04. The maximum Gasteiger partial charge on any atom is 0.320 e. The normalized spacial score (nSPS) is 12.2. The van der Waals surface area contributed by atoms with E-state index in [-0.39, 0.29) is 5.92 Å². The molecule has 0 bridgehead atoms. The van der Waals surface area contributed by atoms with Gasteiger partial charge in [-0.25, -0.2) is 0 Å². The van der Waals surface area contributed by atoms with Crippen LogP contribution in [0.25, 0.3) is 0 Å². The summed E-state index contributed by atoms with van der Waals surface area (Å²) in [4.78, 5) is 11.1. The van der Waals surface area contributed by atoms with Crippen LogP contribution in [0.15, 0.2) is 18.2 Å². The Morgan fingerprint density at radius 3 is 2.55 bits per heavy atom. The summed E-state index contributed by atoms with van der Waals surface area (Å²) in [5, 5.41) is 12.2. The minimum absolute atomic E-state index is 0.0251. The number of ether oxygens (including phenoxy) is 2. The first-order chi connectivity index (χ1) is 9.49. The monoisotopic (exact) mass is 281 g/mol. The summed E-state index contributed by atoms with van der Waals surface area (Å²) < 4.78 is 10.7. The predicted octanol–water partition coefficient (Wildman–Crippen LogP) is 2.29. The van der Waals surface area contributed by atoms with Crippen molar-refractivity contribution in [3.05, 3.63) is 23.8 Å². The third-order valence-corrected chi connectivity index (χ3v) is 2.99. The van der Waals surface area contributed by atoms with Gasteiger partial charge in [-0.1, -0.05) is 19.9 Å². The highest BCUT2D eigenvalue weighted by atomic mass is 16.5. The summed E-state index contributed by atoms with van der Waals surface area (Å²) in [6.45, 7) is 6.71. The fourth-order valence-electron chi connectivity index (χ4n) is 1.93. The van der Waals surface area contributed by atoms with Gasteiger partial charge in [0.2, 0.25) is 0 Å². The first-order valence-electron chi connectivity index (χ1n) is 6.75. The Kier molecular flexibility index (Phi) is 6.31. The van der Waals surface area contributed by atoms with E-state index in [4.69, 9.17) is 14.6 Å². The number of methoxy groups -OCH3 is 1. The molecule has 5 nitrogen and oxygen atoms in total. The van der Waals surface area contributed by atoms with Gasteiger partial charge in [0.25, 0.3) is 0 Å². The predicted molar refractivity (Wildman–Crippen MR) is 77.3 cm³/mol. The van der Waals surface area contributed by atoms with Crippen molar-refractivity contribution in [2.75, 3.05) is 13.7 Å². The molecule has 0 aromatic heterocycles. The molecule has 1 aromatic rings. The van der Waals surface area contributed by atoms with Gasteiger partial charge in [0.15, 0.2) is 11.5 Å². The maximum atomic E-state index is 11.1. The Labute approximate surface area is 119 Å². The van der Waals surface area contributed by atoms with Crippen molar-refractivity contribution in [3.8, 4) is 11.5 Å². The van der Waals surface area contributed by atoms with E-state index in [1.54, 1.807) is 7.11 Å². The Bertz CT molecular complexity index is 445. The molecule has 1 rings (SSSR count). The highest BCUT2D eigenvalue weighted by Gasteiger charge is 2.20. The fourth-order valence-corrected chi connectivity index (χ4v) is 1.93. The van der Waals surface area contributed by atoms with Crippen molar-refractivity contribution in [1.29, 1.82) is 0 Å². The van der Waals surface area contributed by atoms with Crippen LogP contribution in [-0.2, 0) is 11.3 Å². The number of carboxylic acids is 1. The zero-order chi connectivity index (χ0) is 15.1. The Hall–Kier alpha value is -1.75. The van der Waals surface area contributed by atoms with E-state index in [1.807, 2.05) is 39.0 Å². The SMILES string of the molecule is CCOc1ccc(CN[C@@H](C(=O)O)C(C)C)cc1OC. The Balaban J connectivity index is 2.75. The van der Waals surface area contributed by atoms with Crippen molar-refractivity contribution in [2.24, 2.45) is 5.92 Å². The average Bonchev–Trinajstić information content (AvgIpc) is 2.39. The molecule has 2 N–H and O–H groups in total. The molecule has 0 spiro atoms. The largest absolute Gasteiger partial charge is 0.493 e. The zero-order valence-electron chi connectivity index (χ0n) is 12.5. The standard InChI is InChI=1S/C15H23NO4/c1-5-20-12-7-6-11(8-13(12)19-4)9-16-14(10(2)3)15(17)18/h6-8,10,14,16H,5,9H2,1-4H3,(H,17,18)/t14-/m1/s1. The number of nitrogens with one attached hydrogen (secondary N) is 1. The van der Waals surface area contributed by atoms with Gasteiger partial charge in [-0.15, -0.1) is 0 Å². The van der Waals surface area contributed by atoms with Crippen LogP contribution >= 0.6 is 0 Å². The molecular weight excluding hydrogens is 258 g/mol. The second kappa shape index (κ2) is 7.75. The van der Waals surface area contributed by atoms with E-state index in [1.165, 1.54) is 0 Å². The summed E-state index contributed by atoms with van der Waals surface area (Å²) in [6.07, 6.45) is 0. The van der Waals surface area contributed by atoms with Gasteiger partial charge in [-0.05, 0) is 30.5 Å². The lowest BCUT2D eigenvalue weighted by Crippen LogP contribution is -2.40. The molecule has 1 atom stereocenters. The van der Waals surface area contributed by atoms with Crippen LogP contribution in [-0.4, -0.2) is 30.8 Å². The number of hydrogen-bond acceptors (Lipinski definition) is 4. The molecule has 20 heavy (non-hydrogen) atoms. The molecule has 0 unspecified atom stereocenters. The second-order valence-corrected chi connectivity index (χ2v) is 4.86. The second-order valence-electron chi connectivity index (χ2n) is 4.86. The van der Waals surface area contributed by atoms with Crippen LogP contribution in [0.5, 0.6) is 11.5 Å². The van der Waals surface area contributed by atoms with Crippen LogP contribution < -0.4 is 14.8 Å². The van der Waals surface area contributed by atoms with Crippen molar-refractivity contribution in [1.82, 2.24) is 5.32 Å². The van der Waals surface area contributed by atoms with E-state index < -0.39 is 12.0 Å². The van der Waals surface area contributed by atoms with Gasteiger partial charge in [0.1, 0.15) is 6.04 Å². The summed E-state index contributed by atoms with van der Waals surface area (Å²) >= 11 is 0. The first-order valence-corrected chi connectivity index (χ1v) is 6.75. The molecule has 5 heteroatoms. The van der Waals surface area contributed by atoms with Gasteiger partial charge in [0, 0.05) is 6.54 Å². The van der Waals surface area contributed by atoms with Crippen molar-refractivity contribution >= 4 is 5.97 Å². The van der Waals surface area contributed by atoms with E-state index in [9.17, 15) is 4.79 Å². The molecule has 0 amide bonds.